The predicted molar refractivity (Wildman–Crippen MR) is 103 cm³/mol. The molecule has 0 aliphatic heterocycles. The molecular formula is C20H29ClN2O2. The summed E-state index contributed by atoms with van der Waals surface area (Å²) in [5.74, 6) is 1.46. The standard InChI is InChI=1S/C20H29ClN2O2/c1-5-18-16(19(6-2)23(3)22-18)10-8-7-9-13-25-20-12-11-15(24-4)14-17(20)21/h11-12,14H,5-10,13H2,1-4H3. The summed E-state index contributed by atoms with van der Waals surface area (Å²) in [6, 6.07) is 5.50. The van der Waals surface area contributed by atoms with Crippen LogP contribution >= 0.6 is 11.6 Å². The molecule has 0 radical (unpaired) electrons. The lowest BCUT2D eigenvalue weighted by molar-refractivity contribution is 0.305. The minimum absolute atomic E-state index is 0.592. The van der Waals surface area contributed by atoms with Gasteiger partial charge in [0, 0.05) is 18.8 Å². The average Bonchev–Trinajstić information content (AvgIpc) is 2.93. The topological polar surface area (TPSA) is 36.3 Å². The van der Waals surface area contributed by atoms with Crippen LogP contribution in [0, 0.1) is 0 Å². The van der Waals surface area contributed by atoms with Gasteiger partial charge in [0.05, 0.1) is 24.4 Å². The Bertz CT molecular complexity index is 683. The van der Waals surface area contributed by atoms with Gasteiger partial charge in [0.25, 0.3) is 0 Å². The van der Waals surface area contributed by atoms with Crippen LogP contribution in [-0.4, -0.2) is 23.5 Å². The van der Waals surface area contributed by atoms with Crippen molar-refractivity contribution in [2.75, 3.05) is 13.7 Å². The van der Waals surface area contributed by atoms with Gasteiger partial charge < -0.3 is 9.47 Å². The van der Waals surface area contributed by atoms with Crippen LogP contribution in [0.4, 0.5) is 0 Å². The number of aromatic nitrogens is 2. The number of nitrogens with zero attached hydrogens (tertiary/aromatic N) is 2. The zero-order chi connectivity index (χ0) is 18.2. The molecule has 0 fully saturated rings. The van der Waals surface area contributed by atoms with Gasteiger partial charge in [-0.05, 0) is 56.2 Å². The van der Waals surface area contributed by atoms with Gasteiger partial charge in [0.1, 0.15) is 11.5 Å². The zero-order valence-electron chi connectivity index (χ0n) is 15.8. The molecule has 0 aliphatic carbocycles. The third kappa shape index (κ3) is 5.15. The van der Waals surface area contributed by atoms with Gasteiger partial charge in [0.15, 0.2) is 0 Å². The van der Waals surface area contributed by atoms with Gasteiger partial charge >= 0.3 is 0 Å². The highest BCUT2D eigenvalue weighted by atomic mass is 35.5. The molecule has 0 N–H and O–H groups in total. The Morgan fingerprint density at radius 2 is 1.92 bits per heavy atom. The second-order valence-corrected chi connectivity index (χ2v) is 6.57. The molecule has 2 aromatic rings. The van der Waals surface area contributed by atoms with E-state index in [4.69, 9.17) is 21.1 Å². The fraction of sp³-hybridized carbons (Fsp3) is 0.550. The monoisotopic (exact) mass is 364 g/mol. The van der Waals surface area contributed by atoms with Gasteiger partial charge in [-0.3, -0.25) is 4.68 Å². The summed E-state index contributed by atoms with van der Waals surface area (Å²) in [6.07, 6.45) is 6.45. The van der Waals surface area contributed by atoms with Crippen LogP contribution in [0.2, 0.25) is 5.02 Å². The van der Waals surface area contributed by atoms with E-state index in [-0.39, 0.29) is 0 Å². The minimum Gasteiger partial charge on any atom is -0.497 e. The highest BCUT2D eigenvalue weighted by Crippen LogP contribution is 2.28. The minimum atomic E-state index is 0.592. The Morgan fingerprint density at radius 3 is 2.56 bits per heavy atom. The van der Waals surface area contributed by atoms with Crippen LogP contribution in [0.25, 0.3) is 0 Å². The van der Waals surface area contributed by atoms with Crippen LogP contribution in [-0.2, 0) is 26.3 Å². The molecule has 0 unspecified atom stereocenters. The third-order valence-electron chi connectivity index (χ3n) is 4.50. The Labute approximate surface area is 156 Å². The van der Waals surface area contributed by atoms with E-state index in [1.165, 1.54) is 17.0 Å². The predicted octanol–water partition coefficient (Wildman–Crippen LogP) is 5.00. The smallest absolute Gasteiger partial charge is 0.138 e. The van der Waals surface area contributed by atoms with Crippen LogP contribution in [0.15, 0.2) is 18.2 Å². The van der Waals surface area contributed by atoms with E-state index in [1.807, 2.05) is 23.9 Å². The lowest BCUT2D eigenvalue weighted by Gasteiger charge is -2.09. The lowest BCUT2D eigenvalue weighted by atomic mass is 10.0. The molecule has 1 heterocycles. The summed E-state index contributed by atoms with van der Waals surface area (Å²) in [5, 5.41) is 5.24. The van der Waals surface area contributed by atoms with Crippen LogP contribution in [0.5, 0.6) is 11.5 Å². The van der Waals surface area contributed by atoms with E-state index in [0.717, 1.165) is 50.0 Å². The van der Waals surface area contributed by atoms with Gasteiger partial charge in [-0.2, -0.15) is 5.10 Å². The maximum atomic E-state index is 6.18. The molecule has 0 spiro atoms. The van der Waals surface area contributed by atoms with E-state index in [2.05, 4.69) is 18.9 Å². The Hall–Kier alpha value is -1.68. The fourth-order valence-corrected chi connectivity index (χ4v) is 3.39. The molecule has 25 heavy (non-hydrogen) atoms. The largest absolute Gasteiger partial charge is 0.497 e. The van der Waals surface area contributed by atoms with Crippen molar-refractivity contribution in [2.45, 2.75) is 52.4 Å². The zero-order valence-corrected chi connectivity index (χ0v) is 16.5. The van der Waals surface area contributed by atoms with Crippen LogP contribution in [0.3, 0.4) is 0 Å². The summed E-state index contributed by atoms with van der Waals surface area (Å²) < 4.78 is 13.0. The molecule has 5 heteroatoms. The van der Waals surface area contributed by atoms with Crippen molar-refractivity contribution in [3.63, 3.8) is 0 Å². The highest BCUT2D eigenvalue weighted by molar-refractivity contribution is 6.32. The van der Waals surface area contributed by atoms with Gasteiger partial charge in [-0.25, -0.2) is 0 Å². The lowest BCUT2D eigenvalue weighted by Crippen LogP contribution is -2.00. The molecule has 0 bridgehead atoms. The van der Waals surface area contributed by atoms with Crippen molar-refractivity contribution in [3.05, 3.63) is 40.2 Å². The average molecular weight is 365 g/mol. The van der Waals surface area contributed by atoms with E-state index in [9.17, 15) is 0 Å². The fourth-order valence-electron chi connectivity index (χ4n) is 3.17. The molecule has 0 saturated carbocycles. The second-order valence-electron chi connectivity index (χ2n) is 6.16. The summed E-state index contributed by atoms with van der Waals surface area (Å²) in [5.41, 5.74) is 4.07. The quantitative estimate of drug-likeness (QED) is 0.556. The van der Waals surface area contributed by atoms with Crippen molar-refractivity contribution in [3.8, 4) is 11.5 Å². The number of rotatable bonds is 10. The van der Waals surface area contributed by atoms with E-state index in [0.29, 0.717) is 11.6 Å². The molecule has 0 atom stereocenters. The second kappa shape index (κ2) is 9.71. The van der Waals surface area contributed by atoms with Crippen molar-refractivity contribution in [1.29, 1.82) is 0 Å². The molecule has 0 saturated heterocycles. The summed E-state index contributed by atoms with van der Waals surface area (Å²) in [4.78, 5) is 0. The van der Waals surface area contributed by atoms with E-state index < -0.39 is 0 Å². The number of benzene rings is 1. The van der Waals surface area contributed by atoms with Crippen molar-refractivity contribution >= 4 is 11.6 Å². The first-order chi connectivity index (χ1) is 12.1. The maximum Gasteiger partial charge on any atom is 0.138 e. The normalized spacial score (nSPS) is 10.9. The number of ether oxygens (including phenoxy) is 2. The van der Waals surface area contributed by atoms with Crippen molar-refractivity contribution in [1.82, 2.24) is 9.78 Å². The number of aryl methyl sites for hydroxylation is 2. The number of hydrogen-bond donors (Lipinski definition) is 0. The summed E-state index contributed by atoms with van der Waals surface area (Å²) in [7, 11) is 3.68. The van der Waals surface area contributed by atoms with Crippen LogP contribution in [0.1, 0.15) is 50.1 Å². The Morgan fingerprint density at radius 1 is 1.12 bits per heavy atom. The van der Waals surface area contributed by atoms with Crippen LogP contribution < -0.4 is 9.47 Å². The molecule has 138 valence electrons. The first-order valence-corrected chi connectivity index (χ1v) is 9.48. The first-order valence-electron chi connectivity index (χ1n) is 9.10. The molecule has 1 aromatic heterocycles. The van der Waals surface area contributed by atoms with Crippen molar-refractivity contribution < 1.29 is 9.47 Å². The van der Waals surface area contributed by atoms with Gasteiger partial charge in [-0.1, -0.05) is 25.4 Å². The highest BCUT2D eigenvalue weighted by Gasteiger charge is 2.12. The SMILES string of the molecule is CCc1nn(C)c(CC)c1CCCCCOc1ccc(OC)cc1Cl. The molecule has 4 nitrogen and oxygen atoms in total. The molecule has 0 amide bonds. The van der Waals surface area contributed by atoms with Crippen molar-refractivity contribution in [2.24, 2.45) is 7.05 Å². The Kier molecular flexibility index (Phi) is 7.63. The van der Waals surface area contributed by atoms with Gasteiger partial charge in [0.2, 0.25) is 0 Å². The third-order valence-corrected chi connectivity index (χ3v) is 4.79. The van der Waals surface area contributed by atoms with E-state index in [1.54, 1.807) is 13.2 Å². The Balaban J connectivity index is 1.75. The molecule has 2 rings (SSSR count). The van der Waals surface area contributed by atoms with E-state index >= 15 is 0 Å². The molecule has 1 aromatic carbocycles. The first kappa shape index (κ1) is 19.6. The number of methoxy groups -OCH3 is 1. The summed E-state index contributed by atoms with van der Waals surface area (Å²) in [6.45, 7) is 5.06. The summed E-state index contributed by atoms with van der Waals surface area (Å²) >= 11 is 6.18. The maximum absolute atomic E-state index is 6.18. The van der Waals surface area contributed by atoms with Gasteiger partial charge in [-0.15, -0.1) is 0 Å². The number of hydrogen-bond acceptors (Lipinski definition) is 3. The number of unbranched alkanes of at least 4 members (excludes halogenated alkanes) is 2. The molecule has 0 aliphatic rings. The number of halogens is 1. The molecular weight excluding hydrogens is 336 g/mol.